The van der Waals surface area contributed by atoms with Gasteiger partial charge in [0, 0.05) is 0 Å². The topological polar surface area (TPSA) is 23.8 Å². The molecule has 0 bridgehead atoms. The van der Waals surface area contributed by atoms with Gasteiger partial charge in [-0.25, -0.2) is 0 Å². The van der Waals surface area contributed by atoms with E-state index < -0.39 is 0 Å². The van der Waals surface area contributed by atoms with Gasteiger partial charge in [-0.1, -0.05) is 43.7 Å². The summed E-state index contributed by atoms with van der Waals surface area (Å²) in [6.07, 6.45) is 17.8. The molecule has 0 aliphatic heterocycles. The van der Waals surface area contributed by atoms with E-state index in [1.165, 1.54) is 25.7 Å². The van der Waals surface area contributed by atoms with E-state index in [4.69, 9.17) is 5.73 Å². The van der Waals surface area contributed by atoms with Crippen LogP contribution < -0.4 is 58.2 Å². The van der Waals surface area contributed by atoms with Crippen molar-refractivity contribution in [2.75, 3.05) is 6.54 Å². The van der Waals surface area contributed by atoms with Gasteiger partial charge in [-0.2, -0.15) is 6.54 Å². The Morgan fingerprint density at radius 2 is 1.89 bits per heavy atom. The van der Waals surface area contributed by atoms with Gasteiger partial charge in [-0.3, -0.25) is 0 Å². The molecule has 0 aromatic heterocycles. The van der Waals surface area contributed by atoms with Gasteiger partial charge in [-0.15, -0.1) is 0 Å². The summed E-state index contributed by atoms with van der Waals surface area (Å²) in [5.74, 6) is 2.18. The van der Waals surface area contributed by atoms with Gasteiger partial charge < -0.3 is 5.73 Å². The molecule has 0 heterocycles. The smallest absolute Gasteiger partial charge is 0.677 e. The van der Waals surface area contributed by atoms with E-state index in [1.807, 2.05) is 0 Å². The first kappa shape index (κ1) is 17.0. The van der Waals surface area contributed by atoms with Crippen LogP contribution in [0.1, 0.15) is 39.0 Å². The van der Waals surface area contributed by atoms with Crippen LogP contribution in [0.4, 0.5) is 0 Å². The maximum absolute atomic E-state index is 7.31. The zero-order valence-corrected chi connectivity index (χ0v) is 16.8. The summed E-state index contributed by atoms with van der Waals surface area (Å²) in [7, 11) is 0. The number of hydrogen-bond donors (Lipinski definition) is 0. The molecule has 0 spiro atoms. The normalized spacial score (nSPS) is 31.4. The summed E-state index contributed by atoms with van der Waals surface area (Å²) in [5, 5.41) is 0. The van der Waals surface area contributed by atoms with Crippen molar-refractivity contribution in [1.82, 2.24) is 0 Å². The summed E-state index contributed by atoms with van der Waals surface area (Å²) in [6, 6.07) is 0. The summed E-state index contributed by atoms with van der Waals surface area (Å²) in [6.45, 7) is 2.87. The molecule has 1 atom stereocenters. The van der Waals surface area contributed by atoms with Crippen molar-refractivity contribution in [2.24, 2.45) is 17.8 Å². The van der Waals surface area contributed by atoms with E-state index in [0.717, 1.165) is 18.3 Å². The van der Waals surface area contributed by atoms with Crippen LogP contribution in [0.15, 0.2) is 36.0 Å². The fourth-order valence-corrected chi connectivity index (χ4v) is 3.08. The SMILES string of the molecule is CC1C=CC=CC(C2CCC(CC[NH-])CC2)=C1.[Rb+]. The average Bonchev–Trinajstić information content (AvgIpc) is 2.55. The number of allylic oxidation sites excluding steroid dienone is 6. The minimum absolute atomic E-state index is 0. The Kier molecular flexibility index (Phi) is 8.54. The van der Waals surface area contributed by atoms with Gasteiger partial charge >= 0.3 is 58.2 Å². The Hall–Kier alpha value is 0.985. The second-order valence-electron chi connectivity index (χ2n) is 5.53. The standard InChI is InChI=1S/C16H24N.Rb/c1-13-4-2-3-5-16(12-13)15-8-6-14(7-9-15)10-11-17;/h2-5,12-15,17H,6-11H2,1H3;/q-1;+1. The number of hydrogen-bond acceptors (Lipinski definition) is 0. The maximum Gasteiger partial charge on any atom is 1.00 e. The summed E-state index contributed by atoms with van der Waals surface area (Å²) in [4.78, 5) is 0. The monoisotopic (exact) mass is 315 g/mol. The van der Waals surface area contributed by atoms with Crippen LogP contribution in [-0.4, -0.2) is 6.54 Å². The average molecular weight is 316 g/mol. The summed E-state index contributed by atoms with van der Waals surface area (Å²) >= 11 is 0. The molecular formula is C16H24NRb. The van der Waals surface area contributed by atoms with Gasteiger partial charge in [0.2, 0.25) is 0 Å². The molecule has 2 heteroatoms. The zero-order valence-electron chi connectivity index (χ0n) is 11.9. The van der Waals surface area contributed by atoms with E-state index >= 15 is 0 Å². The molecule has 2 rings (SSSR count). The van der Waals surface area contributed by atoms with Crippen molar-refractivity contribution in [3.63, 3.8) is 0 Å². The van der Waals surface area contributed by atoms with Crippen LogP contribution in [-0.2, 0) is 0 Å². The zero-order chi connectivity index (χ0) is 12.1. The molecule has 2 aliphatic carbocycles. The van der Waals surface area contributed by atoms with E-state index in [-0.39, 0.29) is 58.2 Å². The summed E-state index contributed by atoms with van der Waals surface area (Å²) in [5.41, 5.74) is 8.86. The molecule has 0 saturated heterocycles. The molecule has 1 saturated carbocycles. The van der Waals surface area contributed by atoms with E-state index in [2.05, 4.69) is 37.3 Å². The van der Waals surface area contributed by atoms with E-state index in [0.29, 0.717) is 12.5 Å². The Morgan fingerprint density at radius 3 is 2.56 bits per heavy atom. The first-order valence-corrected chi connectivity index (χ1v) is 7.00. The Balaban J connectivity index is 0.00000162. The van der Waals surface area contributed by atoms with E-state index in [9.17, 15) is 0 Å². The molecule has 2 aliphatic rings. The first-order chi connectivity index (χ1) is 8.29. The van der Waals surface area contributed by atoms with Crippen LogP contribution in [0.3, 0.4) is 0 Å². The molecule has 18 heavy (non-hydrogen) atoms. The summed E-state index contributed by atoms with van der Waals surface area (Å²) < 4.78 is 0. The van der Waals surface area contributed by atoms with Gasteiger partial charge in [0.05, 0.1) is 0 Å². The minimum atomic E-state index is 0. The molecule has 94 valence electrons. The molecule has 1 fully saturated rings. The second kappa shape index (κ2) is 9.02. The van der Waals surface area contributed by atoms with Crippen molar-refractivity contribution < 1.29 is 58.2 Å². The Labute approximate surface area is 161 Å². The van der Waals surface area contributed by atoms with Crippen LogP contribution in [0, 0.1) is 17.8 Å². The second-order valence-corrected chi connectivity index (χ2v) is 5.53. The largest absolute Gasteiger partial charge is 1.00 e. The van der Waals surface area contributed by atoms with Crippen molar-refractivity contribution >= 4 is 0 Å². The van der Waals surface area contributed by atoms with Crippen LogP contribution in [0.5, 0.6) is 0 Å². The number of nitrogens with one attached hydrogen (secondary N) is 1. The Morgan fingerprint density at radius 1 is 1.17 bits per heavy atom. The van der Waals surface area contributed by atoms with Crippen molar-refractivity contribution in [2.45, 2.75) is 39.0 Å². The maximum atomic E-state index is 7.31. The molecular weight excluding hydrogens is 292 g/mol. The predicted molar refractivity (Wildman–Crippen MR) is 74.8 cm³/mol. The molecule has 0 aromatic rings. The first-order valence-electron chi connectivity index (χ1n) is 7.00. The van der Waals surface area contributed by atoms with Gasteiger partial charge in [0.15, 0.2) is 0 Å². The van der Waals surface area contributed by atoms with Gasteiger partial charge in [-0.05, 0) is 49.0 Å². The third-order valence-corrected chi connectivity index (χ3v) is 4.14. The third kappa shape index (κ3) is 5.17. The minimum Gasteiger partial charge on any atom is -0.677 e. The fraction of sp³-hybridized carbons (Fsp3) is 0.625. The van der Waals surface area contributed by atoms with Crippen molar-refractivity contribution in [1.29, 1.82) is 0 Å². The Bertz CT molecular complexity index is 322. The molecule has 0 aromatic carbocycles. The van der Waals surface area contributed by atoms with Gasteiger partial charge in [0.1, 0.15) is 0 Å². The van der Waals surface area contributed by atoms with Crippen LogP contribution >= 0.6 is 0 Å². The molecule has 0 radical (unpaired) electrons. The van der Waals surface area contributed by atoms with Crippen LogP contribution in [0.2, 0.25) is 0 Å². The third-order valence-electron chi connectivity index (χ3n) is 4.14. The molecule has 1 unspecified atom stereocenters. The number of rotatable bonds is 3. The van der Waals surface area contributed by atoms with Crippen molar-refractivity contribution in [3.8, 4) is 0 Å². The fourth-order valence-electron chi connectivity index (χ4n) is 3.08. The molecule has 1 N–H and O–H groups in total. The molecule has 0 amide bonds. The van der Waals surface area contributed by atoms with Gasteiger partial charge in [0.25, 0.3) is 0 Å². The van der Waals surface area contributed by atoms with Crippen molar-refractivity contribution in [3.05, 3.63) is 41.7 Å². The van der Waals surface area contributed by atoms with Crippen LogP contribution in [0.25, 0.3) is 5.73 Å². The van der Waals surface area contributed by atoms with E-state index in [1.54, 1.807) is 5.57 Å². The predicted octanol–water partition coefficient (Wildman–Crippen LogP) is 1.93. The molecule has 1 nitrogen and oxygen atoms in total. The quantitative estimate of drug-likeness (QED) is 0.760.